The van der Waals surface area contributed by atoms with Crippen LogP contribution in [0.1, 0.15) is 387 Å². The Hall–Kier alpha value is -1.85. The Labute approximate surface area is 462 Å². The average molecular weight is 1040 g/mol. The maximum absolute atomic E-state index is 12.9. The molecule has 0 fully saturated rings. The summed E-state index contributed by atoms with van der Waals surface area (Å²) in [5.41, 5.74) is 0. The number of rotatable bonds is 63. The van der Waals surface area contributed by atoms with Gasteiger partial charge in [0.05, 0.1) is 0 Å². The molecule has 0 aromatic rings. The molecule has 0 saturated heterocycles. The van der Waals surface area contributed by atoms with E-state index < -0.39 is 6.10 Å². The largest absolute Gasteiger partial charge is 0.462 e. The number of carbonyl (C=O) groups is 3. The average Bonchev–Trinajstić information content (AvgIpc) is 3.40. The minimum Gasteiger partial charge on any atom is -0.462 e. The second-order valence-electron chi connectivity index (χ2n) is 23.1. The summed E-state index contributed by atoms with van der Waals surface area (Å²) in [4.78, 5) is 38.2. The first-order valence-corrected chi connectivity index (χ1v) is 33.7. The fourth-order valence-electron chi connectivity index (χ4n) is 10.4. The molecule has 0 aliphatic heterocycles. The Kier molecular flexibility index (Phi) is 62.1. The van der Waals surface area contributed by atoms with Gasteiger partial charge in [0.1, 0.15) is 13.2 Å². The molecule has 74 heavy (non-hydrogen) atoms. The van der Waals surface area contributed by atoms with Gasteiger partial charge in [-0.1, -0.05) is 335 Å². The van der Waals surface area contributed by atoms with Crippen molar-refractivity contribution >= 4 is 17.9 Å². The van der Waals surface area contributed by atoms with Crippen molar-refractivity contribution in [2.75, 3.05) is 13.2 Å². The van der Waals surface area contributed by atoms with Crippen LogP contribution in [-0.2, 0) is 28.6 Å². The molecule has 6 heteroatoms. The van der Waals surface area contributed by atoms with Crippen molar-refractivity contribution in [3.63, 3.8) is 0 Å². The monoisotopic (exact) mass is 1040 g/mol. The lowest BCUT2D eigenvalue weighted by Gasteiger charge is -2.18. The molecule has 0 aliphatic rings. The molecule has 0 saturated carbocycles. The van der Waals surface area contributed by atoms with E-state index in [4.69, 9.17) is 14.2 Å². The standard InChI is InChI=1S/C68H130O6/c1-4-7-10-13-16-19-21-23-25-27-29-30-31-32-33-34-35-36-37-38-39-41-42-44-46-49-52-55-58-61-67(70)73-64-65(63-72-66(69)60-57-54-51-48-18-15-12-9-6-3)74-68(71)62-59-56-53-50-47-45-43-40-28-26-24-22-20-17-14-11-8-5-2/h27,29,65H,4-26,28,30-64H2,1-3H3/b29-27-. The summed E-state index contributed by atoms with van der Waals surface area (Å²) in [7, 11) is 0. The number of hydrogen-bond donors (Lipinski definition) is 0. The predicted octanol–water partition coefficient (Wildman–Crippen LogP) is 22.8. The summed E-state index contributed by atoms with van der Waals surface area (Å²) in [5.74, 6) is -0.835. The molecule has 0 heterocycles. The van der Waals surface area contributed by atoms with Crippen molar-refractivity contribution < 1.29 is 28.6 Å². The van der Waals surface area contributed by atoms with Gasteiger partial charge in [-0.3, -0.25) is 14.4 Å². The Morgan fingerprint density at radius 3 is 0.676 bits per heavy atom. The lowest BCUT2D eigenvalue weighted by Crippen LogP contribution is -2.30. The van der Waals surface area contributed by atoms with Gasteiger partial charge in [-0.05, 0) is 44.9 Å². The maximum atomic E-state index is 12.9. The van der Waals surface area contributed by atoms with Gasteiger partial charge in [0.25, 0.3) is 0 Å². The quantitative estimate of drug-likeness (QED) is 0.0261. The van der Waals surface area contributed by atoms with Gasteiger partial charge < -0.3 is 14.2 Å². The summed E-state index contributed by atoms with van der Waals surface area (Å²) in [5, 5.41) is 0. The zero-order chi connectivity index (χ0) is 53.6. The van der Waals surface area contributed by atoms with Gasteiger partial charge >= 0.3 is 17.9 Å². The molecule has 1 unspecified atom stereocenters. The summed E-state index contributed by atoms with van der Waals surface area (Å²) in [6.07, 6.45) is 75.4. The number of esters is 3. The highest BCUT2D eigenvalue weighted by atomic mass is 16.6. The van der Waals surface area contributed by atoms with E-state index >= 15 is 0 Å². The Morgan fingerprint density at radius 1 is 0.257 bits per heavy atom. The first-order chi connectivity index (χ1) is 36.5. The van der Waals surface area contributed by atoms with Crippen LogP contribution in [-0.4, -0.2) is 37.2 Å². The zero-order valence-corrected chi connectivity index (χ0v) is 50.4. The molecule has 0 N–H and O–H groups in total. The minimum absolute atomic E-state index is 0.0628. The normalized spacial score (nSPS) is 12.0. The third-order valence-electron chi connectivity index (χ3n) is 15.5. The van der Waals surface area contributed by atoms with Crippen LogP contribution in [0, 0.1) is 0 Å². The predicted molar refractivity (Wildman–Crippen MR) is 321 cm³/mol. The van der Waals surface area contributed by atoms with Crippen molar-refractivity contribution in [1.82, 2.24) is 0 Å². The first-order valence-electron chi connectivity index (χ1n) is 33.7. The van der Waals surface area contributed by atoms with Crippen LogP contribution in [0.5, 0.6) is 0 Å². The van der Waals surface area contributed by atoms with Crippen molar-refractivity contribution in [1.29, 1.82) is 0 Å². The van der Waals surface area contributed by atoms with E-state index in [1.807, 2.05) is 0 Å². The Morgan fingerprint density at radius 2 is 0.446 bits per heavy atom. The molecule has 0 aromatic carbocycles. The molecule has 0 aliphatic carbocycles. The molecule has 0 bridgehead atoms. The molecular formula is C68H130O6. The van der Waals surface area contributed by atoms with Crippen LogP contribution in [0.15, 0.2) is 12.2 Å². The van der Waals surface area contributed by atoms with E-state index in [2.05, 4.69) is 32.9 Å². The molecule has 6 nitrogen and oxygen atoms in total. The van der Waals surface area contributed by atoms with Crippen LogP contribution >= 0.6 is 0 Å². The van der Waals surface area contributed by atoms with Gasteiger partial charge in [-0.2, -0.15) is 0 Å². The highest BCUT2D eigenvalue weighted by Gasteiger charge is 2.19. The van der Waals surface area contributed by atoms with Crippen molar-refractivity contribution in [2.24, 2.45) is 0 Å². The SMILES string of the molecule is CCCCCCCCCC/C=C\CCCCCCCCCCCCCCCCCCCC(=O)OCC(COC(=O)CCCCCCCCCCC)OC(=O)CCCCCCCCCCCCCCCCCCCC. The lowest BCUT2D eigenvalue weighted by molar-refractivity contribution is -0.167. The maximum Gasteiger partial charge on any atom is 0.306 e. The molecule has 0 rings (SSSR count). The van der Waals surface area contributed by atoms with E-state index in [0.29, 0.717) is 19.3 Å². The van der Waals surface area contributed by atoms with Gasteiger partial charge in [0, 0.05) is 19.3 Å². The summed E-state index contributed by atoms with van der Waals surface area (Å²) < 4.78 is 16.9. The van der Waals surface area contributed by atoms with Crippen LogP contribution in [0.25, 0.3) is 0 Å². The zero-order valence-electron chi connectivity index (χ0n) is 50.4. The molecule has 0 amide bonds. The number of hydrogen-bond acceptors (Lipinski definition) is 6. The number of unbranched alkanes of at least 4 members (excludes halogenated alkanes) is 50. The van der Waals surface area contributed by atoms with E-state index in [0.717, 1.165) is 57.8 Å². The van der Waals surface area contributed by atoms with Gasteiger partial charge in [-0.25, -0.2) is 0 Å². The summed E-state index contributed by atoms with van der Waals surface area (Å²) in [6.45, 7) is 6.70. The van der Waals surface area contributed by atoms with E-state index in [-0.39, 0.29) is 31.1 Å². The molecule has 0 radical (unpaired) electrons. The topological polar surface area (TPSA) is 78.9 Å². The van der Waals surface area contributed by atoms with Crippen molar-refractivity contribution in [2.45, 2.75) is 393 Å². The molecule has 0 aromatic heterocycles. The second-order valence-corrected chi connectivity index (χ2v) is 23.1. The molecule has 438 valence electrons. The number of allylic oxidation sites excluding steroid dienone is 2. The first kappa shape index (κ1) is 72.2. The summed E-state index contributed by atoms with van der Waals surface area (Å²) >= 11 is 0. The van der Waals surface area contributed by atoms with Crippen LogP contribution in [0.4, 0.5) is 0 Å². The Bertz CT molecular complexity index is 1150. The number of ether oxygens (including phenoxy) is 3. The second kappa shape index (κ2) is 63.7. The molecule has 1 atom stereocenters. The summed E-state index contributed by atoms with van der Waals surface area (Å²) in [6, 6.07) is 0. The smallest absolute Gasteiger partial charge is 0.306 e. The fourth-order valence-corrected chi connectivity index (χ4v) is 10.4. The van der Waals surface area contributed by atoms with Gasteiger partial charge in [-0.15, -0.1) is 0 Å². The Balaban J connectivity index is 4.06. The van der Waals surface area contributed by atoms with Crippen LogP contribution in [0.3, 0.4) is 0 Å². The highest BCUT2D eigenvalue weighted by Crippen LogP contribution is 2.18. The van der Waals surface area contributed by atoms with Crippen molar-refractivity contribution in [3.05, 3.63) is 12.2 Å². The van der Waals surface area contributed by atoms with E-state index in [1.54, 1.807) is 0 Å². The van der Waals surface area contributed by atoms with Gasteiger partial charge in [0.2, 0.25) is 0 Å². The van der Waals surface area contributed by atoms with E-state index in [1.165, 1.54) is 289 Å². The van der Waals surface area contributed by atoms with Crippen LogP contribution < -0.4 is 0 Å². The lowest BCUT2D eigenvalue weighted by atomic mass is 10.0. The molecular weight excluding hydrogens is 913 g/mol. The fraction of sp³-hybridized carbons (Fsp3) is 0.926. The third-order valence-corrected chi connectivity index (χ3v) is 15.5. The highest BCUT2D eigenvalue weighted by molar-refractivity contribution is 5.71. The van der Waals surface area contributed by atoms with Crippen LogP contribution in [0.2, 0.25) is 0 Å². The molecule has 0 spiro atoms. The van der Waals surface area contributed by atoms with E-state index in [9.17, 15) is 14.4 Å². The van der Waals surface area contributed by atoms with Gasteiger partial charge in [0.15, 0.2) is 6.10 Å². The third kappa shape index (κ3) is 61.0. The minimum atomic E-state index is -0.763. The van der Waals surface area contributed by atoms with Crippen molar-refractivity contribution in [3.8, 4) is 0 Å². The number of carbonyl (C=O) groups excluding carboxylic acids is 3.